The maximum Gasteiger partial charge on any atom is 0.262 e. The quantitative estimate of drug-likeness (QED) is 0.517. The van der Waals surface area contributed by atoms with Crippen molar-refractivity contribution in [3.63, 3.8) is 0 Å². The lowest BCUT2D eigenvalue weighted by atomic mass is 9.92. The van der Waals surface area contributed by atoms with Gasteiger partial charge in [0.15, 0.2) is 0 Å². The van der Waals surface area contributed by atoms with Crippen LogP contribution in [0.3, 0.4) is 0 Å². The van der Waals surface area contributed by atoms with E-state index in [1.54, 1.807) is 45.2 Å². The standard InChI is InChI=1S/C28H28N2O4S/c1-18-15-19(2)28(20(3)16-18)35(32,33)30-25-17-26(27(31)24-8-6-5-7-23(24)25)29-14-13-21-9-11-22(34-4)12-10-21/h5-12,15-17,30H,13-14H2,1-4H3. The number of hydrogen-bond acceptors (Lipinski definition) is 5. The highest BCUT2D eigenvalue weighted by atomic mass is 32.2. The topological polar surface area (TPSA) is 84.8 Å². The minimum Gasteiger partial charge on any atom is -0.497 e. The van der Waals surface area contributed by atoms with Crippen molar-refractivity contribution in [2.24, 2.45) is 4.99 Å². The number of nitrogens with zero attached hydrogens (tertiary/aromatic N) is 1. The second kappa shape index (κ2) is 9.88. The van der Waals surface area contributed by atoms with Crippen molar-refractivity contribution in [2.45, 2.75) is 32.1 Å². The van der Waals surface area contributed by atoms with Gasteiger partial charge >= 0.3 is 0 Å². The molecule has 35 heavy (non-hydrogen) atoms. The zero-order chi connectivity index (χ0) is 25.2. The van der Waals surface area contributed by atoms with Crippen LogP contribution in [-0.4, -0.2) is 33.6 Å². The minimum absolute atomic E-state index is 0.221. The molecule has 180 valence electrons. The lowest BCUT2D eigenvalue weighted by Crippen LogP contribution is -2.29. The van der Waals surface area contributed by atoms with Crippen molar-refractivity contribution in [1.82, 2.24) is 4.72 Å². The summed E-state index contributed by atoms with van der Waals surface area (Å²) in [4.78, 5) is 17.9. The predicted molar refractivity (Wildman–Crippen MR) is 139 cm³/mol. The Balaban J connectivity index is 1.66. The van der Waals surface area contributed by atoms with Crippen molar-refractivity contribution < 1.29 is 17.9 Å². The van der Waals surface area contributed by atoms with Gasteiger partial charge in [-0.05, 0) is 62.1 Å². The highest BCUT2D eigenvalue weighted by molar-refractivity contribution is 7.90. The first-order valence-corrected chi connectivity index (χ1v) is 12.8. The average Bonchev–Trinajstić information content (AvgIpc) is 2.81. The van der Waals surface area contributed by atoms with Gasteiger partial charge in [-0.1, -0.05) is 54.1 Å². The van der Waals surface area contributed by atoms with Gasteiger partial charge in [-0.15, -0.1) is 0 Å². The maximum absolute atomic E-state index is 13.4. The Labute approximate surface area is 206 Å². The number of ether oxygens (including phenoxy) is 1. The number of ketones is 1. The van der Waals surface area contributed by atoms with Gasteiger partial charge in [0.25, 0.3) is 10.0 Å². The molecule has 1 aliphatic rings. The van der Waals surface area contributed by atoms with Gasteiger partial charge in [0, 0.05) is 17.7 Å². The number of allylic oxidation sites excluding steroid dienone is 1. The average molecular weight is 489 g/mol. The molecule has 6 nitrogen and oxygen atoms in total. The fourth-order valence-electron chi connectivity index (χ4n) is 4.42. The summed E-state index contributed by atoms with van der Waals surface area (Å²) in [7, 11) is -2.27. The minimum atomic E-state index is -3.89. The monoisotopic (exact) mass is 488 g/mol. The van der Waals surface area contributed by atoms with Gasteiger partial charge in [0.2, 0.25) is 5.78 Å². The van der Waals surface area contributed by atoms with Crippen LogP contribution in [0.15, 0.2) is 76.6 Å². The van der Waals surface area contributed by atoms with Crippen LogP contribution in [0.1, 0.15) is 38.2 Å². The number of carbonyl (C=O) groups excluding carboxylic acids is 1. The van der Waals surface area contributed by atoms with E-state index < -0.39 is 10.0 Å². The van der Waals surface area contributed by atoms with E-state index in [9.17, 15) is 13.2 Å². The zero-order valence-electron chi connectivity index (χ0n) is 20.3. The van der Waals surface area contributed by atoms with Gasteiger partial charge in [-0.2, -0.15) is 0 Å². The Kier molecular flexibility index (Phi) is 6.89. The Hall–Kier alpha value is -3.71. The third-order valence-corrected chi connectivity index (χ3v) is 7.61. The highest BCUT2D eigenvalue weighted by Gasteiger charge is 2.28. The number of aliphatic imine (C=N–C) groups is 1. The van der Waals surface area contributed by atoms with E-state index in [2.05, 4.69) is 9.71 Å². The third-order valence-electron chi connectivity index (χ3n) is 5.93. The van der Waals surface area contributed by atoms with E-state index in [0.717, 1.165) is 16.9 Å². The van der Waals surface area contributed by atoms with Gasteiger partial charge < -0.3 is 4.74 Å². The fourth-order valence-corrected chi connectivity index (χ4v) is 5.95. The molecule has 0 saturated heterocycles. The van der Waals surface area contributed by atoms with Crippen LogP contribution < -0.4 is 9.46 Å². The van der Waals surface area contributed by atoms with E-state index in [-0.39, 0.29) is 16.4 Å². The molecule has 0 heterocycles. The van der Waals surface area contributed by atoms with Crippen LogP contribution in [0.2, 0.25) is 0 Å². The summed E-state index contributed by atoms with van der Waals surface area (Å²) < 4.78 is 34.7. The largest absolute Gasteiger partial charge is 0.497 e. The molecule has 0 spiro atoms. The molecular formula is C28H28N2O4S. The Bertz CT molecular complexity index is 1430. The molecule has 7 heteroatoms. The molecule has 0 aromatic heterocycles. The fraction of sp³-hybridized carbons (Fsp3) is 0.214. The maximum atomic E-state index is 13.4. The highest BCUT2D eigenvalue weighted by Crippen LogP contribution is 2.28. The normalized spacial score (nSPS) is 14.5. The number of rotatable bonds is 7. The summed E-state index contributed by atoms with van der Waals surface area (Å²) in [6, 6.07) is 18.3. The molecular weight excluding hydrogens is 460 g/mol. The van der Waals surface area contributed by atoms with E-state index in [1.807, 2.05) is 43.3 Å². The van der Waals surface area contributed by atoms with Crippen LogP contribution in [-0.2, 0) is 16.4 Å². The number of aryl methyl sites for hydroxylation is 3. The molecule has 0 bridgehead atoms. The van der Waals surface area contributed by atoms with Crippen molar-refractivity contribution >= 4 is 27.2 Å². The second-order valence-corrected chi connectivity index (χ2v) is 10.3. The summed E-state index contributed by atoms with van der Waals surface area (Å²) in [5.41, 5.74) is 4.93. The van der Waals surface area contributed by atoms with Gasteiger partial charge in [-0.3, -0.25) is 14.5 Å². The lowest BCUT2D eigenvalue weighted by molar-refractivity contribution is 0.106. The van der Waals surface area contributed by atoms with Crippen molar-refractivity contribution in [2.75, 3.05) is 13.7 Å². The molecule has 0 aliphatic heterocycles. The summed E-state index contributed by atoms with van der Waals surface area (Å²) in [6.45, 7) is 5.90. The number of sulfonamides is 1. The molecule has 0 radical (unpaired) electrons. The third kappa shape index (κ3) is 5.20. The Morgan fingerprint density at radius 3 is 2.17 bits per heavy atom. The SMILES string of the molecule is COc1ccc(CCN=C2C=C(NS(=O)(=O)c3c(C)cc(C)cc3C)c3ccccc3C2=O)cc1. The second-order valence-electron chi connectivity index (χ2n) is 8.63. The number of benzene rings is 3. The smallest absolute Gasteiger partial charge is 0.262 e. The summed E-state index contributed by atoms with van der Waals surface area (Å²) >= 11 is 0. The van der Waals surface area contributed by atoms with E-state index >= 15 is 0 Å². The number of fused-ring (bicyclic) bond motifs is 1. The summed E-state index contributed by atoms with van der Waals surface area (Å²) in [6.07, 6.45) is 2.17. The number of methoxy groups -OCH3 is 1. The van der Waals surface area contributed by atoms with Gasteiger partial charge in [0.1, 0.15) is 11.5 Å². The first kappa shape index (κ1) is 24.4. The zero-order valence-corrected chi connectivity index (χ0v) is 21.1. The van der Waals surface area contributed by atoms with Crippen LogP contribution in [0.4, 0.5) is 0 Å². The number of carbonyl (C=O) groups is 1. The molecule has 3 aromatic carbocycles. The lowest BCUT2D eigenvalue weighted by Gasteiger charge is -2.21. The number of Topliss-reactive ketones (excluding diaryl/α,β-unsaturated/α-hetero) is 1. The molecule has 0 unspecified atom stereocenters. The van der Waals surface area contributed by atoms with Crippen LogP contribution >= 0.6 is 0 Å². The van der Waals surface area contributed by atoms with Crippen LogP contribution in [0.5, 0.6) is 5.75 Å². The predicted octanol–water partition coefficient (Wildman–Crippen LogP) is 4.82. The van der Waals surface area contributed by atoms with E-state index in [4.69, 9.17) is 4.74 Å². The molecule has 4 rings (SSSR count). The van der Waals surface area contributed by atoms with Gasteiger partial charge in [-0.25, -0.2) is 8.42 Å². The molecule has 0 fully saturated rings. The molecule has 0 amide bonds. The Morgan fingerprint density at radius 1 is 0.914 bits per heavy atom. The molecule has 3 aromatic rings. The van der Waals surface area contributed by atoms with Crippen LogP contribution in [0, 0.1) is 20.8 Å². The number of hydrogen-bond donors (Lipinski definition) is 1. The van der Waals surface area contributed by atoms with Gasteiger partial charge in [0.05, 0.1) is 17.7 Å². The van der Waals surface area contributed by atoms with E-state index in [0.29, 0.717) is 40.9 Å². The first-order chi connectivity index (χ1) is 16.7. The van der Waals surface area contributed by atoms with E-state index in [1.165, 1.54) is 6.08 Å². The molecule has 0 atom stereocenters. The van der Waals surface area contributed by atoms with Crippen molar-refractivity contribution in [3.8, 4) is 5.75 Å². The number of nitrogens with one attached hydrogen (secondary N) is 1. The Morgan fingerprint density at radius 2 is 1.54 bits per heavy atom. The molecule has 1 N–H and O–H groups in total. The molecule has 0 saturated carbocycles. The molecule has 1 aliphatic carbocycles. The summed E-state index contributed by atoms with van der Waals surface area (Å²) in [5, 5.41) is 0. The van der Waals surface area contributed by atoms with Crippen LogP contribution in [0.25, 0.3) is 5.70 Å². The first-order valence-electron chi connectivity index (χ1n) is 11.3. The van der Waals surface area contributed by atoms with Crippen molar-refractivity contribution in [1.29, 1.82) is 0 Å². The summed E-state index contributed by atoms with van der Waals surface area (Å²) in [5.74, 6) is 0.555. The van der Waals surface area contributed by atoms with Crippen molar-refractivity contribution in [3.05, 3.63) is 100 Å².